The summed E-state index contributed by atoms with van der Waals surface area (Å²) >= 11 is 0. The predicted molar refractivity (Wildman–Crippen MR) is 103 cm³/mol. The van der Waals surface area contributed by atoms with Crippen molar-refractivity contribution in [1.29, 1.82) is 0 Å². The van der Waals surface area contributed by atoms with E-state index in [9.17, 15) is 9.59 Å². The second kappa shape index (κ2) is 5.98. The first-order valence-electron chi connectivity index (χ1n) is 9.32. The topological polar surface area (TPSA) is 72.0 Å². The lowest BCUT2D eigenvalue weighted by Crippen LogP contribution is -2.12. The molecule has 2 atom stereocenters. The Morgan fingerprint density at radius 1 is 0.926 bits per heavy atom. The Hall–Kier alpha value is -3.08. The second-order valence-electron chi connectivity index (χ2n) is 7.50. The Labute approximate surface area is 156 Å². The van der Waals surface area contributed by atoms with Gasteiger partial charge in [0.2, 0.25) is 0 Å². The van der Waals surface area contributed by atoms with Gasteiger partial charge in [-0.15, -0.1) is 0 Å². The molecular formula is C22H19N3O2. The molecule has 0 spiro atoms. The van der Waals surface area contributed by atoms with Gasteiger partial charge in [0.1, 0.15) is 0 Å². The molecule has 0 saturated heterocycles. The highest BCUT2D eigenvalue weighted by Gasteiger charge is 2.39. The first-order valence-corrected chi connectivity index (χ1v) is 9.32. The van der Waals surface area contributed by atoms with E-state index in [4.69, 9.17) is 9.97 Å². The number of amides is 1. The van der Waals surface area contributed by atoms with Crippen molar-refractivity contribution in [1.82, 2.24) is 9.97 Å². The quantitative estimate of drug-likeness (QED) is 0.703. The lowest BCUT2D eigenvalue weighted by atomic mass is 10.00. The van der Waals surface area contributed by atoms with E-state index in [2.05, 4.69) is 5.32 Å². The number of nitrogens with one attached hydrogen (secondary N) is 1. The van der Waals surface area contributed by atoms with Crippen LogP contribution in [0.1, 0.15) is 70.1 Å². The number of benzene rings is 2. The number of carbonyl (C=O) groups excluding carboxylic acids is 2. The van der Waals surface area contributed by atoms with Crippen LogP contribution < -0.4 is 5.32 Å². The van der Waals surface area contributed by atoms with Gasteiger partial charge in [-0.3, -0.25) is 9.59 Å². The molecular weight excluding hydrogens is 338 g/mol. The maximum absolute atomic E-state index is 12.7. The van der Waals surface area contributed by atoms with Crippen LogP contribution in [0.25, 0.3) is 11.0 Å². The van der Waals surface area contributed by atoms with Crippen molar-refractivity contribution in [2.24, 2.45) is 0 Å². The van der Waals surface area contributed by atoms with E-state index in [0.29, 0.717) is 28.7 Å². The zero-order chi connectivity index (χ0) is 18.5. The Bertz CT molecular complexity index is 1110. The van der Waals surface area contributed by atoms with Crippen molar-refractivity contribution in [3.05, 3.63) is 65.0 Å². The lowest BCUT2D eigenvalue weighted by molar-refractivity contribution is 0.101. The highest BCUT2D eigenvalue weighted by atomic mass is 16.1. The highest BCUT2D eigenvalue weighted by molar-refractivity contribution is 6.06. The number of carbonyl (C=O) groups is 2. The number of aromatic nitrogens is 2. The fourth-order valence-corrected chi connectivity index (χ4v) is 4.32. The van der Waals surface area contributed by atoms with Crippen molar-refractivity contribution in [3.63, 3.8) is 0 Å². The Kier molecular flexibility index (Phi) is 3.57. The summed E-state index contributed by atoms with van der Waals surface area (Å²) in [6, 6.07) is 12.4. The van der Waals surface area contributed by atoms with E-state index in [0.717, 1.165) is 22.4 Å². The lowest BCUT2D eigenvalue weighted by Gasteiger charge is -2.14. The van der Waals surface area contributed by atoms with Crippen molar-refractivity contribution in [2.45, 2.75) is 38.0 Å². The molecule has 1 N–H and O–H groups in total. The van der Waals surface area contributed by atoms with Gasteiger partial charge in [-0.1, -0.05) is 12.1 Å². The van der Waals surface area contributed by atoms with Crippen LogP contribution in [0.5, 0.6) is 0 Å². The van der Waals surface area contributed by atoms with Gasteiger partial charge in [0.25, 0.3) is 5.91 Å². The molecule has 1 fully saturated rings. The molecule has 2 unspecified atom stereocenters. The summed E-state index contributed by atoms with van der Waals surface area (Å²) < 4.78 is 0. The van der Waals surface area contributed by atoms with Crippen LogP contribution in [0.4, 0.5) is 5.69 Å². The fraction of sp³-hybridized carbons (Fsp3) is 0.273. The fourth-order valence-electron chi connectivity index (χ4n) is 4.32. The number of nitrogens with zero attached hydrogens (tertiary/aromatic N) is 2. The zero-order valence-electron chi connectivity index (χ0n) is 15.0. The van der Waals surface area contributed by atoms with Gasteiger partial charge in [0.05, 0.1) is 22.4 Å². The van der Waals surface area contributed by atoms with E-state index < -0.39 is 0 Å². The van der Waals surface area contributed by atoms with Gasteiger partial charge in [-0.25, -0.2) is 9.97 Å². The average molecular weight is 357 g/mol. The molecule has 0 aliphatic heterocycles. The molecule has 0 radical (unpaired) electrons. The first-order chi connectivity index (χ1) is 13.1. The summed E-state index contributed by atoms with van der Waals surface area (Å²) in [5.41, 5.74) is 5.62. The van der Waals surface area contributed by atoms with E-state index in [1.807, 2.05) is 6.07 Å². The number of rotatable bonds is 3. The summed E-state index contributed by atoms with van der Waals surface area (Å²) in [6.45, 7) is 1.51. The zero-order valence-corrected chi connectivity index (χ0v) is 15.0. The molecule has 5 nitrogen and oxygen atoms in total. The standard InChI is InChI=1S/C22H19N3O2/c1-12(26)13-3-2-4-17(10-13)23-22(27)16-7-8-18-19(11-16)25-21-15-6-5-14(9-15)20(21)24-18/h2-4,7-8,10-11,14-15H,5-6,9H2,1H3,(H,23,27). The average Bonchev–Trinajstić information content (AvgIpc) is 3.28. The van der Waals surface area contributed by atoms with Crippen LogP contribution >= 0.6 is 0 Å². The molecule has 2 aromatic carbocycles. The Morgan fingerprint density at radius 2 is 1.67 bits per heavy atom. The maximum atomic E-state index is 12.7. The number of hydrogen-bond acceptors (Lipinski definition) is 4. The SMILES string of the molecule is CC(=O)c1cccc(NC(=O)c2ccc3nc4c(nc3c2)C2CCC4C2)c1. The summed E-state index contributed by atoms with van der Waals surface area (Å²) in [4.78, 5) is 33.8. The number of hydrogen-bond donors (Lipinski definition) is 1. The molecule has 5 rings (SSSR count). The van der Waals surface area contributed by atoms with Crippen LogP contribution in [-0.4, -0.2) is 21.7 Å². The van der Waals surface area contributed by atoms with Gasteiger partial charge >= 0.3 is 0 Å². The molecule has 1 amide bonds. The minimum atomic E-state index is -0.221. The van der Waals surface area contributed by atoms with Gasteiger partial charge in [-0.05, 0) is 56.5 Å². The van der Waals surface area contributed by atoms with Crippen LogP contribution in [-0.2, 0) is 0 Å². The Balaban J connectivity index is 1.45. The van der Waals surface area contributed by atoms with Crippen LogP contribution in [0.15, 0.2) is 42.5 Å². The van der Waals surface area contributed by atoms with Crippen molar-refractivity contribution in [3.8, 4) is 0 Å². The molecule has 1 heterocycles. The monoisotopic (exact) mass is 357 g/mol. The summed E-state index contributed by atoms with van der Waals surface area (Å²) in [6.07, 6.45) is 3.59. The number of ketones is 1. The van der Waals surface area contributed by atoms with Crippen molar-refractivity contribution >= 4 is 28.4 Å². The van der Waals surface area contributed by atoms with E-state index >= 15 is 0 Å². The van der Waals surface area contributed by atoms with E-state index in [1.54, 1.807) is 36.4 Å². The normalized spacial score (nSPS) is 19.9. The highest BCUT2D eigenvalue weighted by Crippen LogP contribution is 2.51. The molecule has 27 heavy (non-hydrogen) atoms. The summed E-state index contributed by atoms with van der Waals surface area (Å²) in [7, 11) is 0. The van der Waals surface area contributed by atoms with Crippen LogP contribution in [0.2, 0.25) is 0 Å². The van der Waals surface area contributed by atoms with Gasteiger partial charge in [0.15, 0.2) is 5.78 Å². The molecule has 2 aliphatic carbocycles. The minimum absolute atomic E-state index is 0.0322. The number of fused-ring (bicyclic) bond motifs is 6. The van der Waals surface area contributed by atoms with E-state index in [1.165, 1.54) is 26.2 Å². The minimum Gasteiger partial charge on any atom is -0.322 e. The van der Waals surface area contributed by atoms with Gasteiger partial charge in [0, 0.05) is 28.7 Å². The Morgan fingerprint density at radius 3 is 2.41 bits per heavy atom. The van der Waals surface area contributed by atoms with E-state index in [-0.39, 0.29) is 11.7 Å². The van der Waals surface area contributed by atoms with Crippen molar-refractivity contribution < 1.29 is 9.59 Å². The summed E-state index contributed by atoms with van der Waals surface area (Å²) in [5.74, 6) is 0.851. The third kappa shape index (κ3) is 2.70. The smallest absolute Gasteiger partial charge is 0.255 e. The number of anilines is 1. The molecule has 2 bridgehead atoms. The van der Waals surface area contributed by atoms with Crippen LogP contribution in [0, 0.1) is 0 Å². The van der Waals surface area contributed by atoms with Crippen molar-refractivity contribution in [2.75, 3.05) is 5.32 Å². The first kappa shape index (κ1) is 16.1. The molecule has 2 aliphatic rings. The van der Waals surface area contributed by atoms with Crippen LogP contribution in [0.3, 0.4) is 0 Å². The molecule has 1 aromatic heterocycles. The molecule has 3 aromatic rings. The number of Topliss-reactive ketones (excluding diaryl/α,β-unsaturated/α-hetero) is 1. The molecule has 1 saturated carbocycles. The molecule has 5 heteroatoms. The maximum Gasteiger partial charge on any atom is 0.255 e. The second-order valence-corrected chi connectivity index (χ2v) is 7.50. The van der Waals surface area contributed by atoms with Gasteiger partial charge in [-0.2, -0.15) is 0 Å². The predicted octanol–water partition coefficient (Wildman–Crippen LogP) is 4.45. The van der Waals surface area contributed by atoms with Gasteiger partial charge < -0.3 is 5.32 Å². The largest absolute Gasteiger partial charge is 0.322 e. The third-order valence-electron chi connectivity index (χ3n) is 5.71. The summed E-state index contributed by atoms with van der Waals surface area (Å²) in [5, 5.41) is 2.86. The molecule has 134 valence electrons. The third-order valence-corrected chi connectivity index (χ3v) is 5.71.